The van der Waals surface area contributed by atoms with Crippen molar-refractivity contribution in [1.29, 1.82) is 0 Å². The Morgan fingerprint density at radius 2 is 2.06 bits per heavy atom. The Labute approximate surface area is 112 Å². The SMILES string of the molecule is Clc1ccc(N2CCNC(C3CC3)C2)c(Cl)c1. The van der Waals surface area contributed by atoms with Crippen molar-refractivity contribution in [3.05, 3.63) is 28.2 Å². The minimum atomic E-state index is 0.635. The fourth-order valence-electron chi connectivity index (χ4n) is 2.55. The van der Waals surface area contributed by atoms with Crippen LogP contribution in [0.2, 0.25) is 10.0 Å². The van der Waals surface area contributed by atoms with Crippen LogP contribution in [0.25, 0.3) is 0 Å². The average molecular weight is 271 g/mol. The Kier molecular flexibility index (Phi) is 3.20. The highest BCUT2D eigenvalue weighted by Gasteiger charge is 2.34. The van der Waals surface area contributed by atoms with E-state index in [0.29, 0.717) is 11.1 Å². The van der Waals surface area contributed by atoms with Crippen molar-refractivity contribution in [3.63, 3.8) is 0 Å². The largest absolute Gasteiger partial charge is 0.367 e. The number of rotatable bonds is 2. The van der Waals surface area contributed by atoms with Gasteiger partial charge in [0.05, 0.1) is 10.7 Å². The monoisotopic (exact) mass is 270 g/mol. The Morgan fingerprint density at radius 1 is 1.24 bits per heavy atom. The number of nitrogens with one attached hydrogen (secondary N) is 1. The molecule has 17 heavy (non-hydrogen) atoms. The van der Waals surface area contributed by atoms with Gasteiger partial charge in [-0.05, 0) is 37.0 Å². The molecule has 1 N–H and O–H groups in total. The van der Waals surface area contributed by atoms with Crippen LogP contribution in [0, 0.1) is 5.92 Å². The van der Waals surface area contributed by atoms with Gasteiger partial charge in [-0.1, -0.05) is 23.2 Å². The van der Waals surface area contributed by atoms with Gasteiger partial charge in [0.2, 0.25) is 0 Å². The van der Waals surface area contributed by atoms with E-state index in [-0.39, 0.29) is 0 Å². The second-order valence-corrected chi connectivity index (χ2v) is 5.78. The molecule has 2 aliphatic rings. The van der Waals surface area contributed by atoms with Crippen LogP contribution in [0.3, 0.4) is 0 Å². The standard InChI is InChI=1S/C13H16Cl2N2/c14-10-3-4-13(11(15)7-10)17-6-5-16-12(8-17)9-1-2-9/h3-4,7,9,12,16H,1-2,5-6,8H2. The van der Waals surface area contributed by atoms with Crippen molar-refractivity contribution in [1.82, 2.24) is 5.32 Å². The van der Waals surface area contributed by atoms with Crippen LogP contribution in [-0.2, 0) is 0 Å². The van der Waals surface area contributed by atoms with Crippen molar-refractivity contribution in [2.45, 2.75) is 18.9 Å². The number of anilines is 1. The molecule has 2 nitrogen and oxygen atoms in total. The highest BCUT2D eigenvalue weighted by atomic mass is 35.5. The van der Waals surface area contributed by atoms with E-state index in [1.165, 1.54) is 12.8 Å². The Morgan fingerprint density at radius 3 is 2.76 bits per heavy atom. The maximum absolute atomic E-state index is 6.26. The quantitative estimate of drug-likeness (QED) is 0.888. The zero-order valence-electron chi connectivity index (χ0n) is 9.63. The molecule has 1 saturated heterocycles. The normalized spacial score (nSPS) is 25.1. The van der Waals surface area contributed by atoms with Gasteiger partial charge >= 0.3 is 0 Å². The molecule has 0 spiro atoms. The molecule has 1 aliphatic heterocycles. The molecule has 1 unspecified atom stereocenters. The van der Waals surface area contributed by atoms with Crippen LogP contribution in [0.5, 0.6) is 0 Å². The molecule has 0 radical (unpaired) electrons. The maximum Gasteiger partial charge on any atom is 0.0654 e. The van der Waals surface area contributed by atoms with Crippen LogP contribution in [0.15, 0.2) is 18.2 Å². The third-order valence-corrected chi connectivity index (χ3v) is 4.18. The summed E-state index contributed by atoms with van der Waals surface area (Å²) in [5.41, 5.74) is 1.11. The first-order valence-electron chi connectivity index (χ1n) is 6.17. The van der Waals surface area contributed by atoms with Crippen molar-refractivity contribution >= 4 is 28.9 Å². The maximum atomic E-state index is 6.26. The molecule has 1 saturated carbocycles. The number of hydrogen-bond acceptors (Lipinski definition) is 2. The molecule has 0 bridgehead atoms. The second-order valence-electron chi connectivity index (χ2n) is 4.94. The molecule has 1 atom stereocenters. The van der Waals surface area contributed by atoms with E-state index in [9.17, 15) is 0 Å². The number of halogens is 2. The fourth-order valence-corrected chi connectivity index (χ4v) is 3.08. The summed E-state index contributed by atoms with van der Waals surface area (Å²) in [6, 6.07) is 6.40. The molecule has 4 heteroatoms. The van der Waals surface area contributed by atoms with Crippen LogP contribution in [-0.4, -0.2) is 25.7 Å². The number of nitrogens with zero attached hydrogens (tertiary/aromatic N) is 1. The van der Waals surface area contributed by atoms with E-state index in [2.05, 4.69) is 10.2 Å². The van der Waals surface area contributed by atoms with Crippen LogP contribution in [0.4, 0.5) is 5.69 Å². The first-order chi connectivity index (χ1) is 8.24. The Balaban J connectivity index is 1.77. The number of hydrogen-bond donors (Lipinski definition) is 1. The molecule has 1 aromatic carbocycles. The van der Waals surface area contributed by atoms with Gasteiger partial charge in [0.15, 0.2) is 0 Å². The lowest BCUT2D eigenvalue weighted by molar-refractivity contribution is 0.419. The molecule has 2 fully saturated rings. The van der Waals surface area contributed by atoms with Gasteiger partial charge in [-0.3, -0.25) is 0 Å². The van der Waals surface area contributed by atoms with E-state index >= 15 is 0 Å². The smallest absolute Gasteiger partial charge is 0.0654 e. The van der Waals surface area contributed by atoms with E-state index in [1.54, 1.807) is 0 Å². The van der Waals surface area contributed by atoms with Crippen molar-refractivity contribution in [2.75, 3.05) is 24.5 Å². The second kappa shape index (κ2) is 4.68. The topological polar surface area (TPSA) is 15.3 Å². The van der Waals surface area contributed by atoms with E-state index in [4.69, 9.17) is 23.2 Å². The van der Waals surface area contributed by atoms with Crippen molar-refractivity contribution in [3.8, 4) is 0 Å². The minimum absolute atomic E-state index is 0.635. The zero-order valence-corrected chi connectivity index (χ0v) is 11.1. The molecular weight excluding hydrogens is 255 g/mol. The third kappa shape index (κ3) is 2.54. The van der Waals surface area contributed by atoms with E-state index < -0.39 is 0 Å². The molecular formula is C13H16Cl2N2. The first-order valence-corrected chi connectivity index (χ1v) is 6.93. The fraction of sp³-hybridized carbons (Fsp3) is 0.538. The highest BCUT2D eigenvalue weighted by molar-refractivity contribution is 6.36. The van der Waals surface area contributed by atoms with E-state index in [1.807, 2.05) is 18.2 Å². The van der Waals surface area contributed by atoms with Crippen LogP contribution in [0.1, 0.15) is 12.8 Å². The summed E-state index contributed by atoms with van der Waals surface area (Å²) >= 11 is 12.2. The summed E-state index contributed by atoms with van der Waals surface area (Å²) in [6.07, 6.45) is 2.75. The summed E-state index contributed by atoms with van der Waals surface area (Å²) < 4.78 is 0. The van der Waals surface area contributed by atoms with Crippen LogP contribution < -0.4 is 10.2 Å². The number of piperazine rings is 1. The van der Waals surface area contributed by atoms with Gasteiger partial charge in [-0.2, -0.15) is 0 Å². The average Bonchev–Trinajstić information content (AvgIpc) is 3.13. The molecule has 0 amide bonds. The molecule has 1 aliphatic carbocycles. The predicted molar refractivity (Wildman–Crippen MR) is 73.2 cm³/mol. The van der Waals surface area contributed by atoms with Gasteiger partial charge in [0, 0.05) is 30.7 Å². The molecule has 92 valence electrons. The van der Waals surface area contributed by atoms with Gasteiger partial charge < -0.3 is 10.2 Å². The lowest BCUT2D eigenvalue weighted by atomic mass is 10.1. The highest BCUT2D eigenvalue weighted by Crippen LogP contribution is 2.36. The Bertz CT molecular complexity index is 418. The Hall–Kier alpha value is -0.440. The first kappa shape index (κ1) is 11.6. The lowest BCUT2D eigenvalue weighted by Crippen LogP contribution is -2.51. The predicted octanol–water partition coefficient (Wildman–Crippen LogP) is 3.18. The molecule has 3 rings (SSSR count). The van der Waals surface area contributed by atoms with Gasteiger partial charge in [0.25, 0.3) is 0 Å². The van der Waals surface area contributed by atoms with Gasteiger partial charge in [-0.25, -0.2) is 0 Å². The van der Waals surface area contributed by atoms with Gasteiger partial charge in [-0.15, -0.1) is 0 Å². The third-order valence-electron chi connectivity index (χ3n) is 3.65. The minimum Gasteiger partial charge on any atom is -0.367 e. The molecule has 1 heterocycles. The van der Waals surface area contributed by atoms with E-state index in [0.717, 1.165) is 36.3 Å². The van der Waals surface area contributed by atoms with Crippen molar-refractivity contribution < 1.29 is 0 Å². The lowest BCUT2D eigenvalue weighted by Gasteiger charge is -2.36. The molecule has 1 aromatic rings. The van der Waals surface area contributed by atoms with Crippen LogP contribution >= 0.6 is 23.2 Å². The summed E-state index contributed by atoms with van der Waals surface area (Å²) in [4.78, 5) is 2.37. The van der Waals surface area contributed by atoms with Crippen molar-refractivity contribution in [2.24, 2.45) is 5.92 Å². The van der Waals surface area contributed by atoms with Gasteiger partial charge in [0.1, 0.15) is 0 Å². The summed E-state index contributed by atoms with van der Waals surface area (Å²) in [6.45, 7) is 3.12. The zero-order chi connectivity index (χ0) is 11.8. The summed E-state index contributed by atoms with van der Waals surface area (Å²) in [5, 5.41) is 5.06. The molecule has 0 aromatic heterocycles. The number of benzene rings is 1. The summed E-state index contributed by atoms with van der Waals surface area (Å²) in [7, 11) is 0. The summed E-state index contributed by atoms with van der Waals surface area (Å²) in [5.74, 6) is 0.879.